The Kier molecular flexibility index (Phi) is 3.78. The molecule has 1 aliphatic rings. The number of nitrogens with zero attached hydrogens (tertiary/aromatic N) is 2. The van der Waals surface area contributed by atoms with Gasteiger partial charge in [0.1, 0.15) is 11.6 Å². The van der Waals surface area contributed by atoms with Gasteiger partial charge in [-0.15, -0.1) is 0 Å². The number of fused-ring (bicyclic) bond motifs is 1. The van der Waals surface area contributed by atoms with E-state index < -0.39 is 0 Å². The third kappa shape index (κ3) is 2.81. The van der Waals surface area contributed by atoms with E-state index in [1.54, 1.807) is 17.0 Å². The number of hydrogen-bond donors (Lipinski definition) is 0. The fourth-order valence-electron chi connectivity index (χ4n) is 3.71. The zero-order valence-electron chi connectivity index (χ0n) is 14.7. The topological polar surface area (TPSA) is 59.5 Å². The van der Waals surface area contributed by atoms with E-state index in [4.69, 9.17) is 13.8 Å². The highest BCUT2D eigenvalue weighted by molar-refractivity contribution is 5.92. The van der Waals surface area contributed by atoms with Crippen molar-refractivity contribution in [3.05, 3.63) is 78.6 Å². The fraction of sp³-hybridized carbons (Fsp3) is 0.182. The molecule has 5 nitrogen and oxygen atoms in total. The summed E-state index contributed by atoms with van der Waals surface area (Å²) >= 11 is 0. The van der Waals surface area contributed by atoms with Crippen LogP contribution in [-0.4, -0.2) is 22.3 Å². The number of hydrogen-bond acceptors (Lipinski definition) is 4. The summed E-state index contributed by atoms with van der Waals surface area (Å²) in [6, 6.07) is 19.5. The van der Waals surface area contributed by atoms with Gasteiger partial charge in [-0.25, -0.2) is 4.98 Å². The minimum Gasteiger partial charge on any atom is -0.459 e. The van der Waals surface area contributed by atoms with Gasteiger partial charge in [-0.05, 0) is 48.2 Å². The molecule has 2 aromatic carbocycles. The second-order valence-electron chi connectivity index (χ2n) is 6.73. The molecular formula is C22H18N2O3. The van der Waals surface area contributed by atoms with Crippen LogP contribution < -0.4 is 0 Å². The van der Waals surface area contributed by atoms with E-state index in [-0.39, 0.29) is 11.9 Å². The molecule has 5 heteroatoms. The van der Waals surface area contributed by atoms with Gasteiger partial charge in [-0.3, -0.25) is 4.79 Å². The van der Waals surface area contributed by atoms with Gasteiger partial charge in [0.05, 0.1) is 6.26 Å². The molecule has 0 N–H and O–H groups in total. The summed E-state index contributed by atoms with van der Waals surface area (Å²) in [7, 11) is 0. The zero-order valence-corrected chi connectivity index (χ0v) is 14.7. The summed E-state index contributed by atoms with van der Waals surface area (Å²) < 4.78 is 11.3. The van der Waals surface area contributed by atoms with Crippen LogP contribution in [0.4, 0.5) is 0 Å². The zero-order chi connectivity index (χ0) is 18.2. The fourth-order valence-corrected chi connectivity index (χ4v) is 3.71. The highest BCUT2D eigenvalue weighted by Gasteiger charge is 2.35. The third-order valence-electron chi connectivity index (χ3n) is 5.04. The molecule has 0 saturated carbocycles. The lowest BCUT2D eigenvalue weighted by molar-refractivity contribution is 0.0684. The summed E-state index contributed by atoms with van der Waals surface area (Å²) in [6.45, 7) is 0.679. The monoisotopic (exact) mass is 358 g/mol. The number of aromatic nitrogens is 1. The van der Waals surface area contributed by atoms with E-state index >= 15 is 0 Å². The number of furan rings is 1. The Bertz CT molecular complexity index is 1080. The number of amides is 1. The molecule has 0 unspecified atom stereocenters. The molecule has 134 valence electrons. The first kappa shape index (κ1) is 15.9. The van der Waals surface area contributed by atoms with Crippen LogP contribution in [0.2, 0.25) is 0 Å². The standard InChI is InChI=1S/C22H18N2O3/c25-22(20-9-5-13-26-20)24-12-4-8-18(24)21-23-17-14-16(10-11-19(17)27-21)15-6-2-1-3-7-15/h1-3,5-7,9-11,13-14,18H,4,8,12H2/t18-/m1/s1. The molecule has 27 heavy (non-hydrogen) atoms. The van der Waals surface area contributed by atoms with E-state index in [2.05, 4.69) is 12.1 Å². The van der Waals surface area contributed by atoms with Crippen LogP contribution in [0.5, 0.6) is 0 Å². The smallest absolute Gasteiger partial charge is 0.290 e. The quantitative estimate of drug-likeness (QED) is 0.513. The molecule has 3 heterocycles. The first-order chi connectivity index (χ1) is 13.3. The third-order valence-corrected chi connectivity index (χ3v) is 5.04. The number of benzene rings is 2. The highest BCUT2D eigenvalue weighted by atomic mass is 16.4. The SMILES string of the molecule is O=C(c1ccco1)N1CCC[C@@H]1c1nc2cc(-c3ccccc3)ccc2o1. The molecule has 0 aliphatic carbocycles. The van der Waals surface area contributed by atoms with Crippen LogP contribution in [0.25, 0.3) is 22.2 Å². The first-order valence-electron chi connectivity index (χ1n) is 9.10. The van der Waals surface area contributed by atoms with Crippen LogP contribution in [-0.2, 0) is 0 Å². The van der Waals surface area contributed by atoms with Crippen molar-refractivity contribution in [1.29, 1.82) is 0 Å². The van der Waals surface area contributed by atoms with Gasteiger partial charge in [0.25, 0.3) is 5.91 Å². The number of rotatable bonds is 3. The molecule has 1 fully saturated rings. The summed E-state index contributed by atoms with van der Waals surface area (Å²) in [4.78, 5) is 19.2. The maximum Gasteiger partial charge on any atom is 0.290 e. The van der Waals surface area contributed by atoms with E-state index in [1.165, 1.54) is 6.26 Å². The van der Waals surface area contributed by atoms with Crippen LogP contribution in [0, 0.1) is 0 Å². The van der Waals surface area contributed by atoms with Crippen molar-refractivity contribution in [3.63, 3.8) is 0 Å². The molecule has 5 rings (SSSR count). The number of likely N-dealkylation sites (tertiary alicyclic amines) is 1. The molecule has 1 saturated heterocycles. The van der Waals surface area contributed by atoms with Gasteiger partial charge in [0.2, 0.25) is 5.89 Å². The van der Waals surface area contributed by atoms with Crippen molar-refractivity contribution in [1.82, 2.24) is 9.88 Å². The van der Waals surface area contributed by atoms with Crippen molar-refractivity contribution < 1.29 is 13.6 Å². The Balaban J connectivity index is 1.48. The molecule has 0 bridgehead atoms. The highest BCUT2D eigenvalue weighted by Crippen LogP contribution is 2.35. The summed E-state index contributed by atoms with van der Waals surface area (Å²) in [5.74, 6) is 0.826. The number of carbonyl (C=O) groups excluding carboxylic acids is 1. The molecule has 1 amide bonds. The lowest BCUT2D eigenvalue weighted by Crippen LogP contribution is -2.30. The van der Waals surface area contributed by atoms with Gasteiger partial charge < -0.3 is 13.7 Å². The Morgan fingerprint density at radius 3 is 2.74 bits per heavy atom. The normalized spacial score (nSPS) is 16.9. The summed E-state index contributed by atoms with van der Waals surface area (Å²) in [5, 5.41) is 0. The number of oxazole rings is 1. The van der Waals surface area contributed by atoms with Crippen molar-refractivity contribution >= 4 is 17.0 Å². The molecule has 4 aromatic rings. The number of carbonyl (C=O) groups is 1. The second-order valence-corrected chi connectivity index (χ2v) is 6.73. The molecule has 1 atom stereocenters. The minimum atomic E-state index is -0.157. The lowest BCUT2D eigenvalue weighted by atomic mass is 10.1. The maximum atomic E-state index is 12.7. The van der Waals surface area contributed by atoms with Gasteiger partial charge >= 0.3 is 0 Å². The summed E-state index contributed by atoms with van der Waals surface area (Å²) in [5.41, 5.74) is 3.78. The molecular weight excluding hydrogens is 340 g/mol. The largest absolute Gasteiger partial charge is 0.459 e. The van der Waals surface area contributed by atoms with Crippen LogP contribution >= 0.6 is 0 Å². The van der Waals surface area contributed by atoms with Crippen LogP contribution in [0.1, 0.15) is 35.3 Å². The first-order valence-corrected chi connectivity index (χ1v) is 9.10. The Labute approximate surface area is 156 Å². The van der Waals surface area contributed by atoms with E-state index in [0.717, 1.165) is 35.1 Å². The Morgan fingerprint density at radius 1 is 1.04 bits per heavy atom. The van der Waals surface area contributed by atoms with E-state index in [0.29, 0.717) is 18.2 Å². The van der Waals surface area contributed by atoms with Gasteiger partial charge in [-0.2, -0.15) is 0 Å². The van der Waals surface area contributed by atoms with Crippen molar-refractivity contribution in [2.24, 2.45) is 0 Å². The Morgan fingerprint density at radius 2 is 1.93 bits per heavy atom. The average Bonchev–Trinajstić information content (AvgIpc) is 3.47. The van der Waals surface area contributed by atoms with Gasteiger partial charge in [0, 0.05) is 6.54 Å². The van der Waals surface area contributed by atoms with Gasteiger partial charge in [0.15, 0.2) is 11.3 Å². The lowest BCUT2D eigenvalue weighted by Gasteiger charge is -2.20. The molecule has 1 aliphatic heterocycles. The molecule has 0 radical (unpaired) electrons. The van der Waals surface area contributed by atoms with Crippen molar-refractivity contribution in [3.8, 4) is 11.1 Å². The van der Waals surface area contributed by atoms with Crippen LogP contribution in [0.15, 0.2) is 75.8 Å². The van der Waals surface area contributed by atoms with Crippen molar-refractivity contribution in [2.75, 3.05) is 6.54 Å². The van der Waals surface area contributed by atoms with Gasteiger partial charge in [-0.1, -0.05) is 36.4 Å². The minimum absolute atomic E-state index is 0.116. The summed E-state index contributed by atoms with van der Waals surface area (Å²) in [6.07, 6.45) is 3.28. The second kappa shape index (κ2) is 6.43. The average molecular weight is 358 g/mol. The maximum absolute atomic E-state index is 12.7. The van der Waals surface area contributed by atoms with E-state index in [1.807, 2.05) is 36.4 Å². The predicted molar refractivity (Wildman–Crippen MR) is 101 cm³/mol. The van der Waals surface area contributed by atoms with Crippen LogP contribution in [0.3, 0.4) is 0 Å². The van der Waals surface area contributed by atoms with Crippen molar-refractivity contribution in [2.45, 2.75) is 18.9 Å². The predicted octanol–water partition coefficient (Wildman–Crippen LogP) is 5.07. The molecule has 2 aromatic heterocycles. The Hall–Kier alpha value is -3.34. The molecule has 0 spiro atoms. The van der Waals surface area contributed by atoms with E-state index in [9.17, 15) is 4.79 Å².